The number of hydrogen-bond donors (Lipinski definition) is 0. The predicted molar refractivity (Wildman–Crippen MR) is 56.9 cm³/mol. The minimum absolute atomic E-state index is 0.161. The number of thiophene rings is 1. The summed E-state index contributed by atoms with van der Waals surface area (Å²) in [7, 11) is 1.63. The molecule has 0 amide bonds. The molecule has 3 heteroatoms. The molecule has 0 aliphatic heterocycles. The van der Waals surface area contributed by atoms with Gasteiger partial charge in [-0.15, -0.1) is 11.3 Å². The van der Waals surface area contributed by atoms with E-state index in [4.69, 9.17) is 4.74 Å². The number of methoxy groups -OCH3 is 1. The van der Waals surface area contributed by atoms with Crippen LogP contribution in [0.3, 0.4) is 0 Å². The standard InChI is InChI=1S/C11H14O2S/c1-7-9(5-6-14-7)10(12)11(13-2)8-3-4-8/h5-6,8,11H,3-4H2,1-2H3. The molecule has 0 bridgehead atoms. The van der Waals surface area contributed by atoms with E-state index in [1.807, 2.05) is 18.4 Å². The fourth-order valence-corrected chi connectivity index (χ4v) is 2.41. The Morgan fingerprint density at radius 1 is 1.64 bits per heavy atom. The van der Waals surface area contributed by atoms with Crippen LogP contribution >= 0.6 is 11.3 Å². The third-order valence-electron chi connectivity index (χ3n) is 2.69. The second-order valence-corrected chi connectivity index (χ2v) is 4.87. The van der Waals surface area contributed by atoms with Gasteiger partial charge in [0.2, 0.25) is 0 Å². The molecule has 1 aromatic heterocycles. The van der Waals surface area contributed by atoms with Crippen molar-refractivity contribution < 1.29 is 9.53 Å². The van der Waals surface area contributed by atoms with Gasteiger partial charge in [-0.3, -0.25) is 4.79 Å². The summed E-state index contributed by atoms with van der Waals surface area (Å²) in [6.07, 6.45) is 2.06. The van der Waals surface area contributed by atoms with Crippen LogP contribution in [0.4, 0.5) is 0 Å². The van der Waals surface area contributed by atoms with Crippen LogP contribution in [0.1, 0.15) is 28.1 Å². The molecule has 1 fully saturated rings. The van der Waals surface area contributed by atoms with Gasteiger partial charge >= 0.3 is 0 Å². The van der Waals surface area contributed by atoms with Crippen molar-refractivity contribution in [2.24, 2.45) is 5.92 Å². The monoisotopic (exact) mass is 210 g/mol. The summed E-state index contributed by atoms with van der Waals surface area (Å²) in [6.45, 7) is 1.98. The van der Waals surface area contributed by atoms with Crippen LogP contribution in [0.5, 0.6) is 0 Å². The average Bonchev–Trinajstić information content (AvgIpc) is 2.90. The fourth-order valence-electron chi connectivity index (χ4n) is 1.71. The minimum Gasteiger partial charge on any atom is -0.373 e. The first-order chi connectivity index (χ1) is 6.74. The molecule has 76 valence electrons. The lowest BCUT2D eigenvalue weighted by molar-refractivity contribution is 0.0540. The minimum atomic E-state index is -0.205. The van der Waals surface area contributed by atoms with Crippen LogP contribution in [0.2, 0.25) is 0 Å². The number of Topliss-reactive ketones (excluding diaryl/α,β-unsaturated/α-hetero) is 1. The van der Waals surface area contributed by atoms with Crippen LogP contribution in [-0.2, 0) is 4.74 Å². The Morgan fingerprint density at radius 2 is 2.36 bits per heavy atom. The van der Waals surface area contributed by atoms with E-state index in [9.17, 15) is 4.79 Å². The van der Waals surface area contributed by atoms with Gasteiger partial charge in [-0.2, -0.15) is 0 Å². The molecule has 1 unspecified atom stereocenters. The lowest BCUT2D eigenvalue weighted by Crippen LogP contribution is -2.25. The number of ketones is 1. The lowest BCUT2D eigenvalue weighted by Gasteiger charge is -2.12. The Labute approximate surface area is 87.9 Å². The Hall–Kier alpha value is -0.670. The Bertz CT molecular complexity index is 339. The zero-order chi connectivity index (χ0) is 10.1. The predicted octanol–water partition coefficient (Wildman–Crippen LogP) is 2.66. The lowest BCUT2D eigenvalue weighted by atomic mass is 10.0. The van der Waals surface area contributed by atoms with Gasteiger partial charge in [0.05, 0.1) is 0 Å². The van der Waals surface area contributed by atoms with Gasteiger partial charge in [0.1, 0.15) is 6.10 Å². The highest BCUT2D eigenvalue weighted by atomic mass is 32.1. The molecule has 0 radical (unpaired) electrons. The van der Waals surface area contributed by atoms with Crippen molar-refractivity contribution in [3.8, 4) is 0 Å². The third-order valence-corrected chi connectivity index (χ3v) is 3.53. The number of carbonyl (C=O) groups is 1. The van der Waals surface area contributed by atoms with E-state index in [0.717, 1.165) is 23.3 Å². The zero-order valence-corrected chi connectivity index (χ0v) is 9.26. The quantitative estimate of drug-likeness (QED) is 0.714. The van der Waals surface area contributed by atoms with E-state index in [2.05, 4.69) is 0 Å². The number of aryl methyl sites for hydroxylation is 1. The smallest absolute Gasteiger partial charge is 0.192 e. The zero-order valence-electron chi connectivity index (χ0n) is 8.45. The molecule has 2 rings (SSSR count). The Morgan fingerprint density at radius 3 is 2.79 bits per heavy atom. The van der Waals surface area contributed by atoms with Crippen molar-refractivity contribution in [3.63, 3.8) is 0 Å². The molecule has 0 aromatic carbocycles. The summed E-state index contributed by atoms with van der Waals surface area (Å²) < 4.78 is 5.27. The van der Waals surface area contributed by atoms with E-state index in [-0.39, 0.29) is 11.9 Å². The maximum absolute atomic E-state index is 12.0. The molecule has 1 atom stereocenters. The largest absolute Gasteiger partial charge is 0.373 e. The summed E-state index contributed by atoms with van der Waals surface area (Å²) in [5, 5.41) is 1.96. The van der Waals surface area contributed by atoms with Gasteiger partial charge in [-0.1, -0.05) is 0 Å². The summed E-state index contributed by atoms with van der Waals surface area (Å²) in [4.78, 5) is 13.1. The topological polar surface area (TPSA) is 26.3 Å². The average molecular weight is 210 g/mol. The van der Waals surface area contributed by atoms with E-state index < -0.39 is 0 Å². The van der Waals surface area contributed by atoms with Crippen LogP contribution in [-0.4, -0.2) is 19.0 Å². The molecular weight excluding hydrogens is 196 g/mol. The van der Waals surface area contributed by atoms with Crippen molar-refractivity contribution >= 4 is 17.1 Å². The molecule has 0 N–H and O–H groups in total. The van der Waals surface area contributed by atoms with Crippen LogP contribution in [0, 0.1) is 12.8 Å². The maximum Gasteiger partial charge on any atom is 0.192 e. The van der Waals surface area contributed by atoms with Gasteiger partial charge in [0.15, 0.2) is 5.78 Å². The molecular formula is C11H14O2S. The van der Waals surface area contributed by atoms with Crippen molar-refractivity contribution in [1.29, 1.82) is 0 Å². The highest BCUT2D eigenvalue weighted by molar-refractivity contribution is 7.10. The molecule has 1 aliphatic rings. The van der Waals surface area contributed by atoms with Gasteiger partial charge in [0.25, 0.3) is 0 Å². The second kappa shape index (κ2) is 3.83. The molecule has 1 aromatic rings. The molecule has 2 nitrogen and oxygen atoms in total. The van der Waals surface area contributed by atoms with Gasteiger partial charge in [0, 0.05) is 17.6 Å². The van der Waals surface area contributed by atoms with Crippen molar-refractivity contribution in [2.45, 2.75) is 25.9 Å². The SMILES string of the molecule is COC(C(=O)c1ccsc1C)C1CC1. The first kappa shape index (κ1) is 9.87. The van der Waals surface area contributed by atoms with Crippen molar-refractivity contribution in [3.05, 3.63) is 21.9 Å². The van der Waals surface area contributed by atoms with Crippen molar-refractivity contribution in [2.75, 3.05) is 7.11 Å². The maximum atomic E-state index is 12.0. The number of hydrogen-bond acceptors (Lipinski definition) is 3. The van der Waals surface area contributed by atoms with E-state index in [0.29, 0.717) is 5.92 Å². The highest BCUT2D eigenvalue weighted by Gasteiger charge is 2.37. The van der Waals surface area contributed by atoms with Crippen molar-refractivity contribution in [1.82, 2.24) is 0 Å². The summed E-state index contributed by atoms with van der Waals surface area (Å²) in [5.74, 6) is 0.626. The summed E-state index contributed by atoms with van der Waals surface area (Å²) >= 11 is 1.62. The summed E-state index contributed by atoms with van der Waals surface area (Å²) in [5.41, 5.74) is 0.841. The van der Waals surface area contributed by atoms with Gasteiger partial charge < -0.3 is 4.74 Å². The molecule has 14 heavy (non-hydrogen) atoms. The number of rotatable bonds is 4. The third kappa shape index (κ3) is 1.74. The second-order valence-electron chi connectivity index (χ2n) is 3.75. The molecule has 0 saturated heterocycles. The number of ether oxygens (including phenoxy) is 1. The fraction of sp³-hybridized carbons (Fsp3) is 0.545. The van der Waals surface area contributed by atoms with Crippen LogP contribution < -0.4 is 0 Å². The Balaban J connectivity index is 2.17. The highest BCUT2D eigenvalue weighted by Crippen LogP contribution is 2.36. The van der Waals surface area contributed by atoms with E-state index in [1.54, 1.807) is 18.4 Å². The van der Waals surface area contributed by atoms with Crippen LogP contribution in [0.15, 0.2) is 11.4 Å². The molecule has 1 saturated carbocycles. The molecule has 1 heterocycles. The van der Waals surface area contributed by atoms with Gasteiger partial charge in [-0.25, -0.2) is 0 Å². The normalized spacial score (nSPS) is 18.1. The number of carbonyl (C=O) groups excluding carboxylic acids is 1. The van der Waals surface area contributed by atoms with Gasteiger partial charge in [-0.05, 0) is 37.1 Å². The molecule has 0 spiro atoms. The molecule has 1 aliphatic carbocycles. The van der Waals surface area contributed by atoms with Crippen LogP contribution in [0.25, 0.3) is 0 Å². The first-order valence-corrected chi connectivity index (χ1v) is 5.73. The first-order valence-electron chi connectivity index (χ1n) is 4.85. The van der Waals surface area contributed by atoms with E-state index in [1.165, 1.54) is 0 Å². The summed E-state index contributed by atoms with van der Waals surface area (Å²) in [6, 6.07) is 1.90. The van der Waals surface area contributed by atoms with E-state index >= 15 is 0 Å². The Kier molecular flexibility index (Phi) is 2.70.